The summed E-state index contributed by atoms with van der Waals surface area (Å²) >= 11 is 1.46. The molecule has 1 N–H and O–H groups in total. The molecule has 3 aromatic heterocycles. The fraction of sp³-hybridized carbons (Fsp3) is 0.100. The van der Waals surface area contributed by atoms with Crippen molar-refractivity contribution in [2.45, 2.75) is 0 Å². The van der Waals surface area contributed by atoms with Crippen molar-refractivity contribution in [2.75, 3.05) is 24.3 Å². The molecule has 7 nitrogen and oxygen atoms in total. The van der Waals surface area contributed by atoms with E-state index in [1.54, 1.807) is 30.5 Å². The topological polar surface area (TPSA) is 75.9 Å². The van der Waals surface area contributed by atoms with E-state index in [9.17, 15) is 9.18 Å². The molecule has 3 heterocycles. The van der Waals surface area contributed by atoms with Crippen LogP contribution in [0.5, 0.6) is 0 Å². The summed E-state index contributed by atoms with van der Waals surface area (Å²) in [4.78, 5) is 24.1. The SMILES string of the molecule is CN(C)c1ccc(NC(=O)c2nc(-c3cccs3)n(-c3cccc(F)c3)n2)cn1. The van der Waals surface area contributed by atoms with Crippen LogP contribution in [0, 0.1) is 5.82 Å². The number of hydrogen-bond donors (Lipinski definition) is 1. The van der Waals surface area contributed by atoms with E-state index in [0.717, 1.165) is 10.7 Å². The van der Waals surface area contributed by atoms with Gasteiger partial charge in [0.05, 0.1) is 22.4 Å². The molecule has 0 radical (unpaired) electrons. The highest BCUT2D eigenvalue weighted by Crippen LogP contribution is 2.26. The Morgan fingerprint density at radius 1 is 1.17 bits per heavy atom. The number of thiophene rings is 1. The first-order chi connectivity index (χ1) is 14.0. The summed E-state index contributed by atoms with van der Waals surface area (Å²) < 4.78 is 15.2. The van der Waals surface area contributed by atoms with Crippen LogP contribution in [0.4, 0.5) is 15.9 Å². The molecule has 0 fully saturated rings. The number of rotatable bonds is 5. The summed E-state index contributed by atoms with van der Waals surface area (Å²) in [7, 11) is 3.77. The first-order valence-corrected chi connectivity index (χ1v) is 9.61. The molecule has 4 rings (SSSR count). The van der Waals surface area contributed by atoms with Crippen LogP contribution in [-0.2, 0) is 0 Å². The van der Waals surface area contributed by atoms with Crippen LogP contribution in [-0.4, -0.2) is 39.8 Å². The van der Waals surface area contributed by atoms with Crippen molar-refractivity contribution in [3.8, 4) is 16.4 Å². The van der Waals surface area contributed by atoms with Crippen LogP contribution < -0.4 is 10.2 Å². The van der Waals surface area contributed by atoms with Gasteiger partial charge in [-0.25, -0.2) is 19.0 Å². The van der Waals surface area contributed by atoms with Gasteiger partial charge in [-0.2, -0.15) is 0 Å². The number of aromatic nitrogens is 4. The molecule has 0 saturated heterocycles. The average Bonchev–Trinajstić information content (AvgIpc) is 3.38. The number of nitrogens with zero attached hydrogens (tertiary/aromatic N) is 5. The Kier molecular flexibility index (Phi) is 5.05. The van der Waals surface area contributed by atoms with Gasteiger partial charge >= 0.3 is 0 Å². The summed E-state index contributed by atoms with van der Waals surface area (Å²) in [5, 5.41) is 8.97. The largest absolute Gasteiger partial charge is 0.363 e. The van der Waals surface area contributed by atoms with E-state index in [2.05, 4.69) is 20.4 Å². The van der Waals surface area contributed by atoms with Crippen molar-refractivity contribution in [2.24, 2.45) is 0 Å². The molecule has 0 aliphatic carbocycles. The number of amides is 1. The zero-order valence-electron chi connectivity index (χ0n) is 15.7. The van der Waals surface area contributed by atoms with Crippen molar-refractivity contribution in [1.82, 2.24) is 19.7 Å². The molecule has 0 bridgehead atoms. The van der Waals surface area contributed by atoms with Gasteiger partial charge in [-0.1, -0.05) is 12.1 Å². The fourth-order valence-corrected chi connectivity index (χ4v) is 3.37. The Morgan fingerprint density at radius 3 is 2.69 bits per heavy atom. The van der Waals surface area contributed by atoms with Crippen LogP contribution in [0.1, 0.15) is 10.6 Å². The van der Waals surface area contributed by atoms with Gasteiger partial charge in [0.2, 0.25) is 5.82 Å². The molecule has 0 aliphatic rings. The number of pyridine rings is 1. The predicted molar refractivity (Wildman–Crippen MR) is 111 cm³/mol. The number of carbonyl (C=O) groups excluding carboxylic acids is 1. The normalized spacial score (nSPS) is 10.7. The smallest absolute Gasteiger partial charge is 0.295 e. The van der Waals surface area contributed by atoms with Crippen LogP contribution in [0.15, 0.2) is 60.1 Å². The molecule has 9 heteroatoms. The summed E-state index contributed by atoms with van der Waals surface area (Å²) in [5.41, 5.74) is 1.01. The monoisotopic (exact) mass is 408 g/mol. The number of benzene rings is 1. The van der Waals surface area contributed by atoms with Crippen molar-refractivity contribution in [1.29, 1.82) is 0 Å². The summed E-state index contributed by atoms with van der Waals surface area (Å²) in [6.45, 7) is 0. The molecular formula is C20H17FN6OS. The van der Waals surface area contributed by atoms with Crippen LogP contribution >= 0.6 is 11.3 Å². The van der Waals surface area contributed by atoms with E-state index in [0.29, 0.717) is 17.2 Å². The maximum Gasteiger partial charge on any atom is 0.295 e. The van der Waals surface area contributed by atoms with E-state index in [1.165, 1.54) is 28.2 Å². The molecule has 0 saturated carbocycles. The summed E-state index contributed by atoms with van der Waals surface area (Å²) in [6.07, 6.45) is 1.57. The molecule has 0 atom stereocenters. The van der Waals surface area contributed by atoms with E-state index in [4.69, 9.17) is 0 Å². The second-order valence-electron chi connectivity index (χ2n) is 6.38. The van der Waals surface area contributed by atoms with E-state index < -0.39 is 11.7 Å². The summed E-state index contributed by atoms with van der Waals surface area (Å²) in [6, 6.07) is 13.3. The molecule has 1 amide bonds. The zero-order chi connectivity index (χ0) is 20.4. The van der Waals surface area contributed by atoms with Gasteiger partial charge in [0.25, 0.3) is 5.91 Å². The lowest BCUT2D eigenvalue weighted by Crippen LogP contribution is -2.15. The van der Waals surface area contributed by atoms with E-state index in [1.807, 2.05) is 36.5 Å². The Hall–Kier alpha value is -3.59. The van der Waals surface area contributed by atoms with Crippen molar-refractivity contribution >= 4 is 28.7 Å². The zero-order valence-corrected chi connectivity index (χ0v) is 16.5. The second-order valence-corrected chi connectivity index (χ2v) is 7.33. The summed E-state index contributed by atoms with van der Waals surface area (Å²) in [5.74, 6) is 0.355. The van der Waals surface area contributed by atoms with E-state index in [-0.39, 0.29) is 5.82 Å². The van der Waals surface area contributed by atoms with Gasteiger partial charge in [0.1, 0.15) is 11.6 Å². The lowest BCUT2D eigenvalue weighted by molar-refractivity contribution is 0.101. The third-order valence-corrected chi connectivity index (χ3v) is 4.93. The highest BCUT2D eigenvalue weighted by atomic mass is 32.1. The highest BCUT2D eigenvalue weighted by molar-refractivity contribution is 7.13. The molecule has 0 spiro atoms. The van der Waals surface area contributed by atoms with Crippen molar-refractivity contribution in [3.63, 3.8) is 0 Å². The van der Waals surface area contributed by atoms with Crippen LogP contribution in [0.25, 0.3) is 16.4 Å². The first kappa shape index (κ1) is 18.8. The van der Waals surface area contributed by atoms with Crippen molar-refractivity contribution in [3.05, 3.63) is 71.7 Å². The Balaban J connectivity index is 1.67. The molecule has 4 aromatic rings. The van der Waals surface area contributed by atoms with Crippen LogP contribution in [0.2, 0.25) is 0 Å². The molecular weight excluding hydrogens is 391 g/mol. The molecule has 146 valence electrons. The minimum absolute atomic E-state index is 0.0191. The number of carbonyl (C=O) groups is 1. The molecule has 1 aromatic carbocycles. The fourth-order valence-electron chi connectivity index (χ4n) is 2.67. The Morgan fingerprint density at radius 2 is 2.03 bits per heavy atom. The Bertz CT molecular complexity index is 1140. The predicted octanol–water partition coefficient (Wildman–Crippen LogP) is 3.85. The van der Waals surface area contributed by atoms with Gasteiger partial charge in [-0.3, -0.25) is 4.79 Å². The van der Waals surface area contributed by atoms with Gasteiger partial charge < -0.3 is 10.2 Å². The van der Waals surface area contributed by atoms with Crippen LogP contribution in [0.3, 0.4) is 0 Å². The molecule has 29 heavy (non-hydrogen) atoms. The lowest BCUT2D eigenvalue weighted by Gasteiger charge is -2.11. The quantitative estimate of drug-likeness (QED) is 0.543. The average molecular weight is 408 g/mol. The van der Waals surface area contributed by atoms with Gasteiger partial charge in [-0.05, 0) is 41.8 Å². The minimum Gasteiger partial charge on any atom is -0.363 e. The van der Waals surface area contributed by atoms with Crippen molar-refractivity contribution < 1.29 is 9.18 Å². The maximum absolute atomic E-state index is 13.7. The lowest BCUT2D eigenvalue weighted by atomic mass is 10.3. The third kappa shape index (κ3) is 3.99. The van der Waals surface area contributed by atoms with Gasteiger partial charge in [0.15, 0.2) is 5.82 Å². The number of anilines is 2. The van der Waals surface area contributed by atoms with Gasteiger partial charge in [0, 0.05) is 14.1 Å². The molecule has 0 unspecified atom stereocenters. The number of halogens is 1. The van der Waals surface area contributed by atoms with Gasteiger partial charge in [-0.15, -0.1) is 16.4 Å². The minimum atomic E-state index is -0.475. The molecule has 0 aliphatic heterocycles. The number of nitrogens with one attached hydrogen (secondary N) is 1. The first-order valence-electron chi connectivity index (χ1n) is 8.73. The Labute approximate surface area is 170 Å². The maximum atomic E-state index is 13.7. The standard InChI is InChI=1S/C20H17FN6OS/c1-26(2)17-9-8-14(12-22-17)23-20(28)18-24-19(16-7-4-10-29-16)27(25-18)15-6-3-5-13(21)11-15/h3-12H,1-2H3,(H,23,28). The van der Waals surface area contributed by atoms with E-state index >= 15 is 0 Å². The third-order valence-electron chi connectivity index (χ3n) is 4.07. The second kappa shape index (κ2) is 7.80. The number of hydrogen-bond acceptors (Lipinski definition) is 6. The highest BCUT2D eigenvalue weighted by Gasteiger charge is 2.20.